The van der Waals surface area contributed by atoms with Crippen molar-refractivity contribution in [2.24, 2.45) is 0 Å². The molecule has 0 spiro atoms. The Morgan fingerprint density at radius 2 is 2.16 bits per heavy atom. The first-order valence-corrected chi connectivity index (χ1v) is 6.39. The first-order chi connectivity index (χ1) is 9.24. The van der Waals surface area contributed by atoms with Gasteiger partial charge in [-0.25, -0.2) is 9.37 Å². The zero-order valence-corrected chi connectivity index (χ0v) is 10.7. The molecule has 2 rings (SSSR count). The maximum Gasteiger partial charge on any atom is 0.127 e. The van der Waals surface area contributed by atoms with Crippen molar-refractivity contribution in [3.63, 3.8) is 0 Å². The Morgan fingerprint density at radius 3 is 2.89 bits per heavy atom. The van der Waals surface area contributed by atoms with E-state index in [1.165, 1.54) is 6.07 Å². The lowest BCUT2D eigenvalue weighted by molar-refractivity contribution is 0.467. The van der Waals surface area contributed by atoms with E-state index in [1.807, 2.05) is 17.1 Å². The maximum atomic E-state index is 13.0. The Morgan fingerprint density at radius 1 is 1.26 bits per heavy atom. The van der Waals surface area contributed by atoms with Gasteiger partial charge in [0.15, 0.2) is 0 Å². The molecule has 0 amide bonds. The summed E-state index contributed by atoms with van der Waals surface area (Å²) < 4.78 is 15.1. The molecule has 5 heteroatoms. The van der Waals surface area contributed by atoms with Crippen LogP contribution in [0.1, 0.15) is 18.4 Å². The average Bonchev–Trinajstić information content (AvgIpc) is 2.85. The molecule has 0 aliphatic rings. The lowest BCUT2D eigenvalue weighted by Gasteiger charge is -2.06. The number of rotatable bonds is 7. The molecule has 4 nitrogen and oxygen atoms in total. The highest BCUT2D eigenvalue weighted by atomic mass is 19.1. The van der Waals surface area contributed by atoms with Gasteiger partial charge in [0.25, 0.3) is 0 Å². The SMILES string of the molecule is Oc1cc(F)cc(CNCCCCn2ccnc2)c1. The van der Waals surface area contributed by atoms with Crippen molar-refractivity contribution in [2.75, 3.05) is 6.54 Å². The van der Waals surface area contributed by atoms with Crippen molar-refractivity contribution < 1.29 is 9.50 Å². The van der Waals surface area contributed by atoms with E-state index in [-0.39, 0.29) is 5.75 Å². The Kier molecular flexibility index (Phi) is 4.92. The number of phenols is 1. The fourth-order valence-electron chi connectivity index (χ4n) is 1.93. The Labute approximate surface area is 111 Å². The number of aryl methyl sites for hydroxylation is 1. The molecule has 0 atom stereocenters. The standard InChI is InChI=1S/C14H18FN3O/c15-13-7-12(8-14(19)9-13)10-16-3-1-2-5-18-6-4-17-11-18/h4,6-9,11,16,19H,1-3,5,10H2. The fraction of sp³-hybridized carbons (Fsp3) is 0.357. The summed E-state index contributed by atoms with van der Waals surface area (Å²) in [5.41, 5.74) is 0.757. The van der Waals surface area contributed by atoms with Gasteiger partial charge >= 0.3 is 0 Å². The molecule has 19 heavy (non-hydrogen) atoms. The molecule has 1 heterocycles. The molecule has 0 unspecified atom stereocenters. The first kappa shape index (κ1) is 13.5. The molecule has 2 aromatic rings. The van der Waals surface area contributed by atoms with E-state index in [2.05, 4.69) is 10.3 Å². The van der Waals surface area contributed by atoms with Gasteiger partial charge in [-0.05, 0) is 37.1 Å². The van der Waals surface area contributed by atoms with Crippen molar-refractivity contribution >= 4 is 0 Å². The topological polar surface area (TPSA) is 50.1 Å². The Balaban J connectivity index is 1.61. The van der Waals surface area contributed by atoms with Gasteiger partial charge in [0, 0.05) is 31.5 Å². The van der Waals surface area contributed by atoms with Gasteiger partial charge in [-0.1, -0.05) is 0 Å². The summed E-state index contributed by atoms with van der Waals surface area (Å²) in [6.07, 6.45) is 7.64. The van der Waals surface area contributed by atoms with E-state index >= 15 is 0 Å². The zero-order chi connectivity index (χ0) is 13.5. The Hall–Kier alpha value is -1.88. The minimum Gasteiger partial charge on any atom is -0.508 e. The second-order valence-electron chi connectivity index (χ2n) is 4.50. The number of aromatic nitrogens is 2. The molecule has 1 aromatic heterocycles. The van der Waals surface area contributed by atoms with Crippen LogP contribution in [-0.4, -0.2) is 21.2 Å². The van der Waals surface area contributed by atoms with Crippen LogP contribution < -0.4 is 5.32 Å². The molecule has 0 aliphatic heterocycles. The summed E-state index contributed by atoms with van der Waals surface area (Å²) in [6.45, 7) is 2.39. The van der Waals surface area contributed by atoms with Crippen LogP contribution in [0.4, 0.5) is 4.39 Å². The lowest BCUT2D eigenvalue weighted by atomic mass is 10.2. The molecule has 0 bridgehead atoms. The number of phenolic OH excluding ortho intramolecular Hbond substituents is 1. The van der Waals surface area contributed by atoms with Crippen LogP contribution in [-0.2, 0) is 13.1 Å². The van der Waals surface area contributed by atoms with Gasteiger partial charge in [0.05, 0.1) is 6.33 Å². The van der Waals surface area contributed by atoms with Crippen molar-refractivity contribution in [3.8, 4) is 5.75 Å². The van der Waals surface area contributed by atoms with Crippen LogP contribution in [0.15, 0.2) is 36.9 Å². The van der Waals surface area contributed by atoms with E-state index < -0.39 is 5.82 Å². The third-order valence-corrected chi connectivity index (χ3v) is 2.85. The highest BCUT2D eigenvalue weighted by Gasteiger charge is 1.99. The van der Waals surface area contributed by atoms with Crippen LogP contribution in [0.25, 0.3) is 0 Å². The molecule has 0 aliphatic carbocycles. The number of unbranched alkanes of at least 4 members (excludes halogenated alkanes) is 1. The monoisotopic (exact) mass is 263 g/mol. The summed E-state index contributed by atoms with van der Waals surface area (Å²) in [5, 5.41) is 12.5. The predicted molar refractivity (Wildman–Crippen MR) is 71.2 cm³/mol. The number of halogens is 1. The number of hydrogen-bond acceptors (Lipinski definition) is 3. The fourth-order valence-corrected chi connectivity index (χ4v) is 1.93. The van der Waals surface area contributed by atoms with E-state index in [4.69, 9.17) is 0 Å². The molecule has 2 N–H and O–H groups in total. The normalized spacial score (nSPS) is 10.8. The van der Waals surface area contributed by atoms with Crippen LogP contribution >= 0.6 is 0 Å². The molecule has 0 saturated carbocycles. The number of aromatic hydroxyl groups is 1. The lowest BCUT2D eigenvalue weighted by Crippen LogP contribution is -2.15. The number of nitrogens with zero attached hydrogens (tertiary/aromatic N) is 2. The van der Waals surface area contributed by atoms with Gasteiger partial charge in [-0.3, -0.25) is 0 Å². The summed E-state index contributed by atoms with van der Waals surface area (Å²) in [7, 11) is 0. The second kappa shape index (κ2) is 6.89. The van der Waals surface area contributed by atoms with Gasteiger partial charge in [-0.2, -0.15) is 0 Å². The second-order valence-corrected chi connectivity index (χ2v) is 4.50. The summed E-state index contributed by atoms with van der Waals surface area (Å²) in [6, 6.07) is 4.11. The number of nitrogens with one attached hydrogen (secondary N) is 1. The summed E-state index contributed by atoms with van der Waals surface area (Å²) in [5.74, 6) is -0.436. The highest BCUT2D eigenvalue weighted by Crippen LogP contribution is 2.14. The molecule has 1 aromatic carbocycles. The van der Waals surface area contributed by atoms with Crippen molar-refractivity contribution in [2.45, 2.75) is 25.9 Å². The van der Waals surface area contributed by atoms with E-state index in [0.717, 1.165) is 37.6 Å². The van der Waals surface area contributed by atoms with Crippen LogP contribution in [0.2, 0.25) is 0 Å². The van der Waals surface area contributed by atoms with E-state index in [9.17, 15) is 9.50 Å². The maximum absolute atomic E-state index is 13.0. The number of hydrogen-bond donors (Lipinski definition) is 2. The third-order valence-electron chi connectivity index (χ3n) is 2.85. The summed E-state index contributed by atoms with van der Waals surface area (Å²) in [4.78, 5) is 3.98. The molecular weight excluding hydrogens is 245 g/mol. The van der Waals surface area contributed by atoms with Gasteiger partial charge in [0.2, 0.25) is 0 Å². The molecule has 0 fully saturated rings. The van der Waals surface area contributed by atoms with Gasteiger partial charge < -0.3 is 15.0 Å². The Bertz CT molecular complexity index is 479. The average molecular weight is 263 g/mol. The molecule has 102 valence electrons. The predicted octanol–water partition coefficient (Wildman–Crippen LogP) is 2.30. The van der Waals surface area contributed by atoms with Crippen molar-refractivity contribution in [1.29, 1.82) is 0 Å². The van der Waals surface area contributed by atoms with E-state index in [1.54, 1.807) is 12.3 Å². The molecule has 0 saturated heterocycles. The quantitative estimate of drug-likeness (QED) is 0.754. The van der Waals surface area contributed by atoms with Crippen LogP contribution in [0.3, 0.4) is 0 Å². The number of imidazole rings is 1. The minimum absolute atomic E-state index is 0.0306. The first-order valence-electron chi connectivity index (χ1n) is 6.39. The third kappa shape index (κ3) is 4.71. The van der Waals surface area contributed by atoms with Crippen LogP contribution in [0.5, 0.6) is 5.75 Å². The largest absolute Gasteiger partial charge is 0.508 e. The van der Waals surface area contributed by atoms with Crippen LogP contribution in [0, 0.1) is 5.82 Å². The molecular formula is C14H18FN3O. The molecule has 0 radical (unpaired) electrons. The van der Waals surface area contributed by atoms with Gasteiger partial charge in [-0.15, -0.1) is 0 Å². The summed E-state index contributed by atoms with van der Waals surface area (Å²) >= 11 is 0. The zero-order valence-electron chi connectivity index (χ0n) is 10.7. The number of benzene rings is 1. The minimum atomic E-state index is -0.406. The van der Waals surface area contributed by atoms with E-state index in [0.29, 0.717) is 6.54 Å². The van der Waals surface area contributed by atoms with Crippen molar-refractivity contribution in [3.05, 3.63) is 48.3 Å². The highest BCUT2D eigenvalue weighted by molar-refractivity contribution is 5.28. The smallest absolute Gasteiger partial charge is 0.127 e. The van der Waals surface area contributed by atoms with Crippen molar-refractivity contribution in [1.82, 2.24) is 14.9 Å². The van der Waals surface area contributed by atoms with Gasteiger partial charge in [0.1, 0.15) is 11.6 Å².